The van der Waals surface area contributed by atoms with Gasteiger partial charge < -0.3 is 4.57 Å². The van der Waals surface area contributed by atoms with E-state index in [-0.39, 0.29) is 0 Å². The Hall–Kier alpha value is -4.74. The fourth-order valence-electron chi connectivity index (χ4n) is 5.84. The van der Waals surface area contributed by atoms with Crippen molar-refractivity contribution in [1.29, 1.82) is 0 Å². The van der Waals surface area contributed by atoms with E-state index in [0.29, 0.717) is 0 Å². The van der Waals surface area contributed by atoms with E-state index < -0.39 is 8.07 Å². The largest absolute Gasteiger partial charge is 0.309 e. The molecule has 4 nitrogen and oxygen atoms in total. The van der Waals surface area contributed by atoms with Crippen molar-refractivity contribution >= 4 is 50.9 Å². The van der Waals surface area contributed by atoms with Crippen LogP contribution in [0.3, 0.4) is 0 Å². The lowest BCUT2D eigenvalue weighted by molar-refractivity contribution is 0.771. The van der Waals surface area contributed by atoms with Gasteiger partial charge in [-0.2, -0.15) is 5.10 Å². The molecule has 7 aromatic rings. The molecule has 0 unspecified atom stereocenters. The number of benzene rings is 5. The minimum Gasteiger partial charge on any atom is -0.309 e. The van der Waals surface area contributed by atoms with Gasteiger partial charge in [0, 0.05) is 23.5 Å². The average molecular weight is 507 g/mol. The van der Waals surface area contributed by atoms with Crippen LogP contribution < -0.4 is 21.0 Å². The molecule has 0 atom stereocenters. The second-order valence-corrected chi connectivity index (χ2v) is 13.3. The highest BCUT2D eigenvalue weighted by atomic mass is 28.3. The Bertz CT molecular complexity index is 1830. The molecular weight excluding hydrogens is 480 g/mol. The quantitative estimate of drug-likeness (QED) is 0.258. The first-order valence-electron chi connectivity index (χ1n) is 12.8. The van der Waals surface area contributed by atoms with E-state index in [1.165, 1.54) is 37.4 Å². The maximum atomic E-state index is 4.97. The molecule has 0 aliphatic rings. The summed E-state index contributed by atoms with van der Waals surface area (Å²) in [5.41, 5.74) is 4.45. The van der Waals surface area contributed by atoms with E-state index in [4.69, 9.17) is 10.1 Å². The molecule has 0 fully saturated rings. The van der Waals surface area contributed by atoms with E-state index >= 15 is 0 Å². The first-order chi connectivity index (χ1) is 18.8. The highest BCUT2D eigenvalue weighted by molar-refractivity contribution is 7.19. The molecule has 2 aromatic heterocycles. The maximum absolute atomic E-state index is 4.97. The van der Waals surface area contributed by atoms with Crippen LogP contribution in [0.25, 0.3) is 27.5 Å². The third-order valence-corrected chi connectivity index (χ3v) is 11.9. The molecule has 0 saturated heterocycles. The zero-order valence-corrected chi connectivity index (χ0v) is 22.1. The zero-order chi connectivity index (χ0) is 25.5. The summed E-state index contributed by atoms with van der Waals surface area (Å²) in [4.78, 5) is 4.92. The Kier molecular flexibility index (Phi) is 5.30. The lowest BCUT2D eigenvalue weighted by Gasteiger charge is -2.31. The van der Waals surface area contributed by atoms with E-state index in [0.717, 1.165) is 11.1 Å². The highest BCUT2D eigenvalue weighted by Crippen LogP contribution is 2.31. The Morgan fingerprint density at radius 3 is 1.76 bits per heavy atom. The minimum atomic E-state index is -2.81. The Balaban J connectivity index is 1.61. The normalized spacial score (nSPS) is 11.8. The maximum Gasteiger partial charge on any atom is 0.228 e. The third kappa shape index (κ3) is 3.36. The first-order valence-corrected chi connectivity index (χ1v) is 14.8. The predicted molar refractivity (Wildman–Crippen MR) is 159 cm³/mol. The summed E-state index contributed by atoms with van der Waals surface area (Å²) in [6, 6.07) is 47.9. The molecule has 0 aliphatic carbocycles. The van der Waals surface area contributed by atoms with Crippen molar-refractivity contribution in [2.24, 2.45) is 7.05 Å². The van der Waals surface area contributed by atoms with Gasteiger partial charge in [0.1, 0.15) is 11.8 Å². The van der Waals surface area contributed by atoms with Crippen LogP contribution in [0, 0.1) is 0 Å². The molecule has 5 heteroatoms. The molecule has 0 amide bonds. The van der Waals surface area contributed by atoms with E-state index in [9.17, 15) is 0 Å². The molecule has 5 aromatic carbocycles. The number of fused-ring (bicyclic) bond motifs is 3. The van der Waals surface area contributed by atoms with Gasteiger partial charge in [-0.25, -0.2) is 4.98 Å². The van der Waals surface area contributed by atoms with Crippen molar-refractivity contribution in [2.75, 3.05) is 0 Å². The molecule has 38 heavy (non-hydrogen) atoms. The number of hydrogen-bond donors (Lipinski definition) is 0. The second kappa shape index (κ2) is 8.98. The second-order valence-electron chi connectivity index (χ2n) is 9.64. The number of nitrogens with zero attached hydrogens (tertiary/aromatic N) is 4. The van der Waals surface area contributed by atoms with Gasteiger partial charge in [-0.15, -0.1) is 0 Å². The van der Waals surface area contributed by atoms with E-state index in [1.807, 2.05) is 18.1 Å². The lowest BCUT2D eigenvalue weighted by atomic mass is 10.1. The predicted octanol–water partition coefficient (Wildman–Crippen LogP) is 4.29. The zero-order valence-electron chi connectivity index (χ0n) is 21.1. The van der Waals surface area contributed by atoms with Crippen LogP contribution in [0.4, 0.5) is 0 Å². The van der Waals surface area contributed by atoms with Crippen molar-refractivity contribution in [3.05, 3.63) is 140 Å². The summed E-state index contributed by atoms with van der Waals surface area (Å²) in [5, 5.41) is 11.3. The number of aromatic nitrogens is 4. The Morgan fingerprint density at radius 1 is 0.553 bits per heavy atom. The van der Waals surface area contributed by atoms with Crippen LogP contribution in [-0.4, -0.2) is 27.4 Å². The summed E-state index contributed by atoms with van der Waals surface area (Å²) < 4.78 is 4.19. The van der Waals surface area contributed by atoms with Crippen LogP contribution >= 0.6 is 0 Å². The molecule has 2 heterocycles. The highest BCUT2D eigenvalue weighted by Gasteiger charge is 2.45. The van der Waals surface area contributed by atoms with Crippen molar-refractivity contribution in [3.63, 3.8) is 0 Å². The van der Waals surface area contributed by atoms with Gasteiger partial charge >= 0.3 is 0 Å². The van der Waals surface area contributed by atoms with Gasteiger partial charge in [0.2, 0.25) is 8.07 Å². The van der Waals surface area contributed by atoms with E-state index in [2.05, 4.69) is 138 Å². The van der Waals surface area contributed by atoms with Gasteiger partial charge in [-0.05, 0) is 39.8 Å². The monoisotopic (exact) mass is 506 g/mol. The molecular formula is C33H26N4Si. The van der Waals surface area contributed by atoms with Gasteiger partial charge in [-0.3, -0.25) is 4.68 Å². The van der Waals surface area contributed by atoms with Gasteiger partial charge in [0.05, 0.1) is 11.0 Å². The summed E-state index contributed by atoms with van der Waals surface area (Å²) in [6.45, 7) is 0. The molecule has 0 saturated carbocycles. The molecule has 0 N–H and O–H groups in total. The summed E-state index contributed by atoms with van der Waals surface area (Å²) in [5.74, 6) is 0. The molecule has 0 bridgehead atoms. The van der Waals surface area contributed by atoms with Crippen molar-refractivity contribution < 1.29 is 0 Å². The lowest BCUT2D eigenvalue weighted by Crippen LogP contribution is -2.76. The fourth-order valence-corrected chi connectivity index (χ4v) is 10.2. The standard InChI is InChI=1S/C33H26N4Si/c1-36-24-34-33(35-36)38(26-15-7-3-8-16-26,27-17-9-4-10-18-27)28-21-22-32-30(23-28)29-19-11-12-20-31(29)37(32)25-13-5-2-6-14-25/h2-24H,1H3. The average Bonchev–Trinajstić information content (AvgIpc) is 3.56. The van der Waals surface area contributed by atoms with Crippen molar-refractivity contribution in [1.82, 2.24) is 19.3 Å². The summed E-state index contributed by atoms with van der Waals surface area (Å²) in [7, 11) is -0.859. The molecule has 182 valence electrons. The molecule has 0 aliphatic heterocycles. The fraction of sp³-hybridized carbons (Fsp3) is 0.0303. The van der Waals surface area contributed by atoms with Crippen LogP contribution in [0.5, 0.6) is 0 Å². The summed E-state index contributed by atoms with van der Waals surface area (Å²) >= 11 is 0. The minimum absolute atomic E-state index is 0.892. The topological polar surface area (TPSA) is 35.6 Å². The van der Waals surface area contributed by atoms with Crippen LogP contribution in [-0.2, 0) is 7.05 Å². The molecule has 7 rings (SSSR count). The Morgan fingerprint density at radius 2 is 1.13 bits per heavy atom. The molecule has 0 radical (unpaired) electrons. The SMILES string of the molecule is Cn1cnc([Si](c2ccccc2)(c2ccccc2)c2ccc3c(c2)c2ccccc2n3-c2ccccc2)n1. The number of rotatable bonds is 5. The van der Waals surface area contributed by atoms with Gasteiger partial charge in [0.15, 0.2) is 0 Å². The van der Waals surface area contributed by atoms with Crippen molar-refractivity contribution in [3.8, 4) is 5.69 Å². The number of para-hydroxylation sites is 2. The van der Waals surface area contributed by atoms with Crippen LogP contribution in [0.15, 0.2) is 140 Å². The van der Waals surface area contributed by atoms with Crippen molar-refractivity contribution in [2.45, 2.75) is 0 Å². The van der Waals surface area contributed by atoms with Gasteiger partial charge in [-0.1, -0.05) is 109 Å². The third-order valence-electron chi connectivity index (χ3n) is 7.47. The first kappa shape index (κ1) is 22.5. The Labute approximate surface area is 222 Å². The number of hydrogen-bond acceptors (Lipinski definition) is 2. The van der Waals surface area contributed by atoms with Crippen LogP contribution in [0.2, 0.25) is 0 Å². The smallest absolute Gasteiger partial charge is 0.228 e. The number of aryl methyl sites for hydroxylation is 1. The van der Waals surface area contributed by atoms with Crippen LogP contribution in [0.1, 0.15) is 0 Å². The molecule has 0 spiro atoms. The van der Waals surface area contributed by atoms with Gasteiger partial charge in [0.25, 0.3) is 0 Å². The van der Waals surface area contributed by atoms with E-state index in [1.54, 1.807) is 0 Å². The summed E-state index contributed by atoms with van der Waals surface area (Å²) in [6.07, 6.45) is 1.82.